The third kappa shape index (κ3) is 5.92. The number of thioether (sulfide) groups is 1. The number of aryl methyl sites for hydroxylation is 1. The van der Waals surface area contributed by atoms with Gasteiger partial charge in [0.25, 0.3) is 0 Å². The van der Waals surface area contributed by atoms with Crippen molar-refractivity contribution in [1.82, 2.24) is 4.72 Å². The van der Waals surface area contributed by atoms with Crippen LogP contribution in [0.2, 0.25) is 0 Å². The van der Waals surface area contributed by atoms with Gasteiger partial charge in [0.1, 0.15) is 0 Å². The molecule has 0 radical (unpaired) electrons. The van der Waals surface area contributed by atoms with Crippen molar-refractivity contribution < 1.29 is 18.0 Å². The first kappa shape index (κ1) is 22.0. The Kier molecular flexibility index (Phi) is 7.16. The van der Waals surface area contributed by atoms with Crippen LogP contribution in [0, 0.1) is 0 Å². The molecule has 3 rings (SSSR count). The number of benzene rings is 2. The van der Waals surface area contributed by atoms with Gasteiger partial charge in [-0.1, -0.05) is 42.1 Å². The standard InChI is InChI=1S/C21H22ClNO4S2/c1-14(24)28-13-21(25)18-3-2-4-20(11-18)29(26,27)23-12-15-5-6-17-10-19(22)8-7-16(17)9-15/h2-6,9,11,19,23H,7-8,10,12-13H2,1H3. The topological polar surface area (TPSA) is 80.3 Å². The van der Waals surface area contributed by atoms with Crippen molar-refractivity contribution >= 4 is 44.3 Å². The van der Waals surface area contributed by atoms with Gasteiger partial charge in [0.2, 0.25) is 10.0 Å². The highest BCUT2D eigenvalue weighted by Crippen LogP contribution is 2.25. The smallest absolute Gasteiger partial charge is 0.240 e. The van der Waals surface area contributed by atoms with E-state index in [1.54, 1.807) is 6.07 Å². The van der Waals surface area contributed by atoms with E-state index >= 15 is 0 Å². The number of alkyl halides is 1. The lowest BCUT2D eigenvalue weighted by atomic mass is 9.90. The van der Waals surface area contributed by atoms with Crippen LogP contribution in [0.25, 0.3) is 0 Å². The molecule has 0 heterocycles. The second-order valence-corrected chi connectivity index (χ2v) is 10.5. The lowest BCUT2D eigenvalue weighted by Crippen LogP contribution is -2.24. The van der Waals surface area contributed by atoms with Crippen LogP contribution >= 0.6 is 23.4 Å². The maximum Gasteiger partial charge on any atom is 0.240 e. The first-order chi connectivity index (χ1) is 13.7. The van der Waals surface area contributed by atoms with Crippen molar-refractivity contribution in [2.75, 3.05) is 5.75 Å². The highest BCUT2D eigenvalue weighted by Gasteiger charge is 2.19. The van der Waals surface area contributed by atoms with Crippen molar-refractivity contribution in [3.63, 3.8) is 0 Å². The molecular formula is C21H22ClNO4S2. The number of fused-ring (bicyclic) bond motifs is 1. The van der Waals surface area contributed by atoms with Crippen LogP contribution in [0.15, 0.2) is 47.4 Å². The number of ketones is 1. The molecular weight excluding hydrogens is 430 g/mol. The first-order valence-electron chi connectivity index (χ1n) is 9.25. The fourth-order valence-corrected chi connectivity index (χ4v) is 5.06. The van der Waals surface area contributed by atoms with Gasteiger partial charge in [0, 0.05) is 24.4 Å². The Balaban J connectivity index is 1.69. The quantitative estimate of drug-likeness (QED) is 0.512. The number of rotatable bonds is 7. The minimum atomic E-state index is -3.77. The molecule has 1 atom stereocenters. The molecule has 1 aliphatic rings. The Hall–Kier alpha value is -1.67. The average molecular weight is 452 g/mol. The molecule has 0 saturated carbocycles. The van der Waals surface area contributed by atoms with E-state index in [1.165, 1.54) is 36.2 Å². The van der Waals surface area contributed by atoms with Crippen molar-refractivity contribution in [3.8, 4) is 0 Å². The Morgan fingerprint density at radius 3 is 2.72 bits per heavy atom. The maximum absolute atomic E-state index is 12.7. The summed E-state index contributed by atoms with van der Waals surface area (Å²) in [5.41, 5.74) is 3.59. The molecule has 0 fully saturated rings. The molecule has 0 saturated heterocycles. The second kappa shape index (κ2) is 9.43. The van der Waals surface area contributed by atoms with Crippen molar-refractivity contribution in [1.29, 1.82) is 0 Å². The first-order valence-corrected chi connectivity index (χ1v) is 12.2. The summed E-state index contributed by atoms with van der Waals surface area (Å²) in [6.07, 6.45) is 2.66. The molecule has 8 heteroatoms. The van der Waals surface area contributed by atoms with E-state index in [2.05, 4.69) is 4.72 Å². The number of sulfonamides is 1. The fourth-order valence-electron chi connectivity index (χ4n) is 3.22. The number of hydrogen-bond acceptors (Lipinski definition) is 5. The molecule has 2 aromatic rings. The van der Waals surface area contributed by atoms with Gasteiger partial charge in [-0.05, 0) is 48.1 Å². The minimum absolute atomic E-state index is 0.00938. The molecule has 0 spiro atoms. The average Bonchev–Trinajstić information content (AvgIpc) is 2.70. The summed E-state index contributed by atoms with van der Waals surface area (Å²) in [6, 6.07) is 11.8. The Morgan fingerprint density at radius 2 is 1.97 bits per heavy atom. The maximum atomic E-state index is 12.7. The molecule has 5 nitrogen and oxygen atoms in total. The van der Waals surface area contributed by atoms with Crippen molar-refractivity contribution in [2.24, 2.45) is 0 Å². The van der Waals surface area contributed by atoms with Crippen molar-refractivity contribution in [2.45, 2.75) is 43.0 Å². The predicted molar refractivity (Wildman–Crippen MR) is 116 cm³/mol. The molecule has 1 aliphatic carbocycles. The zero-order valence-corrected chi connectivity index (χ0v) is 18.4. The third-order valence-corrected chi connectivity index (χ3v) is 7.36. The molecule has 1 unspecified atom stereocenters. The molecule has 2 aromatic carbocycles. The van der Waals surface area contributed by atoms with E-state index in [0.29, 0.717) is 0 Å². The zero-order chi connectivity index (χ0) is 21.0. The SMILES string of the molecule is CC(=O)SCC(=O)c1cccc(S(=O)(=O)NCc2ccc3c(c2)CCC(Cl)C3)c1. The van der Waals surface area contributed by atoms with E-state index in [-0.39, 0.29) is 39.0 Å². The van der Waals surface area contributed by atoms with E-state index < -0.39 is 10.0 Å². The summed E-state index contributed by atoms with van der Waals surface area (Å²) in [7, 11) is -3.77. The zero-order valence-electron chi connectivity index (χ0n) is 16.0. The number of carbonyl (C=O) groups excluding carboxylic acids is 2. The molecule has 0 aliphatic heterocycles. The van der Waals surface area contributed by atoms with Gasteiger partial charge in [-0.3, -0.25) is 9.59 Å². The summed E-state index contributed by atoms with van der Waals surface area (Å²) in [5, 5.41) is 0.00565. The second-order valence-electron chi connectivity index (χ2n) is 7.00. The van der Waals surface area contributed by atoms with Crippen LogP contribution in [0.5, 0.6) is 0 Å². The van der Waals surface area contributed by atoms with Crippen LogP contribution in [-0.2, 0) is 34.2 Å². The van der Waals surface area contributed by atoms with Gasteiger partial charge in [0.15, 0.2) is 10.9 Å². The molecule has 0 bridgehead atoms. The Labute approximate surface area is 180 Å². The van der Waals surface area contributed by atoms with Gasteiger partial charge in [-0.25, -0.2) is 13.1 Å². The lowest BCUT2D eigenvalue weighted by Gasteiger charge is -2.20. The van der Waals surface area contributed by atoms with Gasteiger partial charge >= 0.3 is 0 Å². The van der Waals surface area contributed by atoms with E-state index in [1.807, 2.05) is 18.2 Å². The van der Waals surface area contributed by atoms with Crippen LogP contribution in [0.1, 0.15) is 40.4 Å². The van der Waals surface area contributed by atoms with Crippen LogP contribution in [-0.4, -0.2) is 30.4 Å². The van der Waals surface area contributed by atoms with Crippen molar-refractivity contribution in [3.05, 3.63) is 64.7 Å². The van der Waals surface area contributed by atoms with Gasteiger partial charge < -0.3 is 0 Å². The summed E-state index contributed by atoms with van der Waals surface area (Å²) in [4.78, 5) is 23.2. The monoisotopic (exact) mass is 451 g/mol. The molecule has 0 amide bonds. The van der Waals surface area contributed by atoms with E-state index in [0.717, 1.165) is 36.6 Å². The van der Waals surface area contributed by atoms with E-state index in [4.69, 9.17) is 11.6 Å². The summed E-state index contributed by atoms with van der Waals surface area (Å²) < 4.78 is 28.0. The van der Waals surface area contributed by atoms with Gasteiger partial charge in [0.05, 0.1) is 10.6 Å². The highest BCUT2D eigenvalue weighted by atomic mass is 35.5. The number of nitrogens with one attached hydrogen (secondary N) is 1. The number of hydrogen-bond donors (Lipinski definition) is 1. The third-order valence-electron chi connectivity index (χ3n) is 4.78. The molecule has 0 aromatic heterocycles. The Morgan fingerprint density at radius 1 is 1.17 bits per heavy atom. The van der Waals surface area contributed by atoms with Crippen LogP contribution in [0.4, 0.5) is 0 Å². The minimum Gasteiger partial charge on any atom is -0.293 e. The lowest BCUT2D eigenvalue weighted by molar-refractivity contribution is -0.109. The van der Waals surface area contributed by atoms with Crippen LogP contribution in [0.3, 0.4) is 0 Å². The fraction of sp³-hybridized carbons (Fsp3) is 0.333. The highest BCUT2D eigenvalue weighted by molar-refractivity contribution is 8.14. The normalized spacial score (nSPS) is 16.3. The Bertz CT molecular complexity index is 1040. The summed E-state index contributed by atoms with van der Waals surface area (Å²) in [6.45, 7) is 1.55. The van der Waals surface area contributed by atoms with Gasteiger partial charge in [-0.15, -0.1) is 11.6 Å². The van der Waals surface area contributed by atoms with Gasteiger partial charge in [-0.2, -0.15) is 0 Å². The summed E-state index contributed by atoms with van der Waals surface area (Å²) >= 11 is 7.11. The van der Waals surface area contributed by atoms with Crippen LogP contribution < -0.4 is 4.72 Å². The number of carbonyl (C=O) groups is 2. The largest absolute Gasteiger partial charge is 0.293 e. The molecule has 29 heavy (non-hydrogen) atoms. The number of Topliss-reactive ketones (excluding diaryl/α,β-unsaturated/α-hetero) is 1. The van der Waals surface area contributed by atoms with E-state index in [9.17, 15) is 18.0 Å². The number of halogens is 1. The molecule has 1 N–H and O–H groups in total. The predicted octanol–water partition coefficient (Wildman–Crippen LogP) is 3.72. The summed E-state index contributed by atoms with van der Waals surface area (Å²) in [5.74, 6) is -0.292. The molecule has 154 valence electrons.